The van der Waals surface area contributed by atoms with E-state index in [0.29, 0.717) is 21.8 Å². The van der Waals surface area contributed by atoms with Crippen LogP contribution in [0.4, 0.5) is 13.2 Å². The minimum absolute atomic E-state index is 0.122. The number of rotatable bonds is 10. The number of para-hydroxylation sites is 1. The van der Waals surface area contributed by atoms with E-state index in [0.717, 1.165) is 42.3 Å². The van der Waals surface area contributed by atoms with Crippen LogP contribution in [-0.2, 0) is 11.4 Å². The number of carbonyl (C=O) groups excluding carboxylic acids is 1. The van der Waals surface area contributed by atoms with E-state index in [9.17, 15) is 18.0 Å². The van der Waals surface area contributed by atoms with Crippen LogP contribution in [0.3, 0.4) is 0 Å². The van der Waals surface area contributed by atoms with Gasteiger partial charge in [-0.05, 0) is 50.7 Å². The van der Waals surface area contributed by atoms with Crippen molar-refractivity contribution in [1.82, 2.24) is 19.7 Å². The number of thioether (sulfide) groups is 1. The molecule has 2 aromatic rings. The highest BCUT2D eigenvalue weighted by Gasteiger charge is 2.40. The summed E-state index contributed by atoms with van der Waals surface area (Å²) in [6, 6.07) is 6.89. The number of halogens is 4. The molecule has 4 rings (SSSR count). The average Bonchev–Trinajstić information content (AvgIpc) is 3.66. The zero-order valence-corrected chi connectivity index (χ0v) is 19.1. The molecule has 1 amide bonds. The van der Waals surface area contributed by atoms with E-state index in [1.165, 1.54) is 0 Å². The van der Waals surface area contributed by atoms with Gasteiger partial charge in [-0.3, -0.25) is 9.36 Å². The molecule has 1 aromatic carbocycles. The Labute approximate surface area is 193 Å². The summed E-state index contributed by atoms with van der Waals surface area (Å²) in [5, 5.41) is 9.38. The number of hydrogen-bond donors (Lipinski definition) is 0. The molecule has 1 aromatic heterocycles. The van der Waals surface area contributed by atoms with E-state index >= 15 is 0 Å². The molecule has 2 saturated carbocycles. The number of carbonyl (C=O) groups is 1. The average molecular weight is 489 g/mol. The number of amides is 1. The number of benzene rings is 1. The molecule has 0 radical (unpaired) electrons. The van der Waals surface area contributed by atoms with Crippen LogP contribution >= 0.6 is 23.4 Å². The summed E-state index contributed by atoms with van der Waals surface area (Å²) in [7, 11) is 0. The molecule has 0 saturated heterocycles. The molecule has 2 aliphatic carbocycles. The molecule has 0 unspecified atom stereocenters. The maximum absolute atomic E-state index is 13.1. The summed E-state index contributed by atoms with van der Waals surface area (Å²) in [5.74, 6) is 0.617. The largest absolute Gasteiger partial charge is 0.484 e. The van der Waals surface area contributed by atoms with Crippen LogP contribution in [0.1, 0.15) is 44.5 Å². The van der Waals surface area contributed by atoms with E-state index in [2.05, 4.69) is 10.2 Å². The first-order valence-electron chi connectivity index (χ1n) is 10.5. The second-order valence-corrected chi connectivity index (χ2v) is 9.57. The van der Waals surface area contributed by atoms with Crippen molar-refractivity contribution in [2.45, 2.75) is 62.6 Å². The predicted octanol–water partition coefficient (Wildman–Crippen LogP) is 5.13. The van der Waals surface area contributed by atoms with Gasteiger partial charge in [0.2, 0.25) is 5.91 Å². The lowest BCUT2D eigenvalue weighted by Gasteiger charge is -2.30. The summed E-state index contributed by atoms with van der Waals surface area (Å²) in [5.41, 5.74) is 0. The summed E-state index contributed by atoms with van der Waals surface area (Å²) < 4.78 is 46.9. The predicted molar refractivity (Wildman–Crippen MR) is 115 cm³/mol. The van der Waals surface area contributed by atoms with Gasteiger partial charge in [-0.2, -0.15) is 13.2 Å². The van der Waals surface area contributed by atoms with Crippen LogP contribution in [0.2, 0.25) is 5.02 Å². The van der Waals surface area contributed by atoms with Crippen LogP contribution in [0.5, 0.6) is 5.75 Å². The van der Waals surface area contributed by atoms with E-state index in [4.69, 9.17) is 16.3 Å². The van der Waals surface area contributed by atoms with Crippen LogP contribution in [0, 0.1) is 5.92 Å². The minimum atomic E-state index is -4.43. The molecule has 32 heavy (non-hydrogen) atoms. The SMILES string of the molecule is C[C@@H](C1CC1)N(CC(F)(F)F)C(=O)CSc1nnc(COc2ccccc2Cl)n1C1CC1. The number of aromatic nitrogens is 3. The van der Waals surface area contributed by atoms with Crippen molar-refractivity contribution in [1.29, 1.82) is 0 Å². The third-order valence-electron chi connectivity index (χ3n) is 5.63. The Morgan fingerprint density at radius 1 is 1.28 bits per heavy atom. The molecule has 6 nitrogen and oxygen atoms in total. The zero-order chi connectivity index (χ0) is 22.9. The number of hydrogen-bond acceptors (Lipinski definition) is 5. The lowest BCUT2D eigenvalue weighted by atomic mass is 10.2. The molecule has 0 N–H and O–H groups in total. The standard InChI is InChI=1S/C21H24ClF3N4O2S/c1-13(14-6-7-14)28(12-21(23,24)25)19(30)11-32-20-27-26-18(29(20)15-8-9-15)10-31-17-5-3-2-4-16(17)22/h2-5,13-15H,6-12H2,1H3/t13-/m0/s1. The van der Waals surface area contributed by atoms with Gasteiger partial charge >= 0.3 is 6.18 Å². The number of alkyl halides is 3. The van der Waals surface area contributed by atoms with Crippen LogP contribution in [-0.4, -0.2) is 50.1 Å². The highest BCUT2D eigenvalue weighted by atomic mass is 35.5. The summed E-state index contributed by atoms with van der Waals surface area (Å²) in [6.07, 6.45) is -0.794. The van der Waals surface area contributed by atoms with Crippen molar-refractivity contribution in [2.24, 2.45) is 5.92 Å². The summed E-state index contributed by atoms with van der Waals surface area (Å²) >= 11 is 7.25. The minimum Gasteiger partial charge on any atom is -0.484 e. The Kier molecular flexibility index (Phi) is 6.90. The molecule has 0 bridgehead atoms. The molecule has 0 aliphatic heterocycles. The lowest BCUT2D eigenvalue weighted by molar-refractivity contribution is -0.164. The lowest BCUT2D eigenvalue weighted by Crippen LogP contribution is -2.46. The molecule has 174 valence electrons. The van der Waals surface area contributed by atoms with Gasteiger partial charge in [0, 0.05) is 12.1 Å². The second-order valence-electron chi connectivity index (χ2n) is 8.22. The van der Waals surface area contributed by atoms with E-state index < -0.39 is 24.7 Å². The van der Waals surface area contributed by atoms with Crippen LogP contribution in [0.25, 0.3) is 0 Å². The van der Waals surface area contributed by atoms with Gasteiger partial charge in [-0.1, -0.05) is 35.5 Å². The summed E-state index contributed by atoms with van der Waals surface area (Å²) in [6.45, 7) is 0.625. The molecular weight excluding hydrogens is 465 g/mol. The normalized spacial score (nSPS) is 17.3. The van der Waals surface area contributed by atoms with Crippen molar-refractivity contribution in [3.63, 3.8) is 0 Å². The highest BCUT2D eigenvalue weighted by Crippen LogP contribution is 2.40. The number of ether oxygens (including phenoxy) is 1. The van der Waals surface area contributed by atoms with Crippen LogP contribution < -0.4 is 4.74 Å². The Morgan fingerprint density at radius 3 is 2.62 bits per heavy atom. The Morgan fingerprint density at radius 2 is 2.00 bits per heavy atom. The molecule has 2 fully saturated rings. The monoisotopic (exact) mass is 488 g/mol. The number of nitrogens with zero attached hydrogens (tertiary/aromatic N) is 4. The first kappa shape index (κ1) is 23.2. The fourth-order valence-electron chi connectivity index (χ4n) is 3.60. The van der Waals surface area contributed by atoms with E-state index in [1.807, 2.05) is 10.6 Å². The van der Waals surface area contributed by atoms with Gasteiger partial charge in [0.25, 0.3) is 0 Å². The Hall–Kier alpha value is -1.94. The Balaban J connectivity index is 1.42. The molecular formula is C21H24ClF3N4O2S. The first-order chi connectivity index (χ1) is 15.2. The fraction of sp³-hybridized carbons (Fsp3) is 0.571. The topological polar surface area (TPSA) is 60.3 Å². The molecule has 1 atom stereocenters. The first-order valence-corrected chi connectivity index (χ1v) is 11.9. The van der Waals surface area contributed by atoms with E-state index in [-0.39, 0.29) is 24.3 Å². The summed E-state index contributed by atoms with van der Waals surface area (Å²) in [4.78, 5) is 13.7. The Bertz CT molecular complexity index is 963. The molecule has 2 aliphatic rings. The second kappa shape index (κ2) is 9.51. The highest BCUT2D eigenvalue weighted by molar-refractivity contribution is 7.99. The molecule has 1 heterocycles. The van der Waals surface area contributed by atoms with Crippen molar-refractivity contribution >= 4 is 29.3 Å². The fourth-order valence-corrected chi connectivity index (χ4v) is 4.70. The van der Waals surface area contributed by atoms with Gasteiger partial charge in [-0.15, -0.1) is 10.2 Å². The molecule has 0 spiro atoms. The van der Waals surface area contributed by atoms with Crippen molar-refractivity contribution in [2.75, 3.05) is 12.3 Å². The maximum atomic E-state index is 13.1. The smallest absolute Gasteiger partial charge is 0.406 e. The van der Waals surface area contributed by atoms with Crippen molar-refractivity contribution in [3.05, 3.63) is 35.1 Å². The van der Waals surface area contributed by atoms with Gasteiger partial charge in [0.1, 0.15) is 18.9 Å². The van der Waals surface area contributed by atoms with Crippen molar-refractivity contribution in [3.8, 4) is 5.75 Å². The maximum Gasteiger partial charge on any atom is 0.406 e. The van der Waals surface area contributed by atoms with Gasteiger partial charge < -0.3 is 9.64 Å². The quantitative estimate of drug-likeness (QED) is 0.434. The van der Waals surface area contributed by atoms with Gasteiger partial charge in [-0.25, -0.2) is 0 Å². The van der Waals surface area contributed by atoms with Gasteiger partial charge in [0.15, 0.2) is 11.0 Å². The third kappa shape index (κ3) is 5.89. The zero-order valence-electron chi connectivity index (χ0n) is 17.5. The molecule has 11 heteroatoms. The van der Waals surface area contributed by atoms with Gasteiger partial charge in [0.05, 0.1) is 10.8 Å². The van der Waals surface area contributed by atoms with E-state index in [1.54, 1.807) is 25.1 Å². The van der Waals surface area contributed by atoms with Crippen LogP contribution in [0.15, 0.2) is 29.4 Å². The van der Waals surface area contributed by atoms with Crippen molar-refractivity contribution < 1.29 is 22.7 Å². The third-order valence-corrected chi connectivity index (χ3v) is 6.87.